The van der Waals surface area contributed by atoms with Crippen molar-refractivity contribution in [1.82, 2.24) is 9.97 Å². The fraction of sp³-hybridized carbons (Fsp3) is 0.111. The number of rotatable bonds is 2. The lowest BCUT2D eigenvalue weighted by Crippen LogP contribution is -1.86. The maximum atomic E-state index is 4.95. The summed E-state index contributed by atoms with van der Waals surface area (Å²) in [6.07, 6.45) is 3.40. The molecule has 0 saturated heterocycles. The molecule has 0 aliphatic rings. The van der Waals surface area contributed by atoms with E-state index in [0.29, 0.717) is 5.88 Å². The van der Waals surface area contributed by atoms with Gasteiger partial charge in [-0.05, 0) is 6.07 Å². The van der Waals surface area contributed by atoms with Gasteiger partial charge in [0.15, 0.2) is 0 Å². The lowest BCUT2D eigenvalue weighted by Gasteiger charge is -1.98. The zero-order chi connectivity index (χ0) is 9.10. The van der Waals surface area contributed by atoms with Gasteiger partial charge in [-0.1, -0.05) is 0 Å². The Labute approximate surface area is 80.0 Å². The molecular formula is C9H7N2OS. The molecule has 1 radical (unpaired) electrons. The van der Waals surface area contributed by atoms with Crippen LogP contribution in [-0.2, 0) is 0 Å². The largest absolute Gasteiger partial charge is 0.481 e. The molecule has 0 aliphatic carbocycles. The zero-order valence-electron chi connectivity index (χ0n) is 7.02. The molecule has 0 N–H and O–H groups in total. The van der Waals surface area contributed by atoms with E-state index in [2.05, 4.69) is 15.3 Å². The normalized spacial score (nSPS) is 9.92. The minimum absolute atomic E-state index is 0.615. The number of ether oxygens (including phenoxy) is 1. The first-order valence-electron chi connectivity index (χ1n) is 3.72. The van der Waals surface area contributed by atoms with Gasteiger partial charge in [-0.15, -0.1) is 11.3 Å². The molecule has 4 heteroatoms. The van der Waals surface area contributed by atoms with Crippen molar-refractivity contribution in [1.29, 1.82) is 0 Å². The van der Waals surface area contributed by atoms with Gasteiger partial charge in [0.2, 0.25) is 5.88 Å². The van der Waals surface area contributed by atoms with Gasteiger partial charge in [0, 0.05) is 24.0 Å². The van der Waals surface area contributed by atoms with Crippen molar-refractivity contribution in [3.05, 3.63) is 29.9 Å². The van der Waals surface area contributed by atoms with Crippen LogP contribution in [0.5, 0.6) is 5.88 Å². The first-order valence-corrected chi connectivity index (χ1v) is 4.54. The van der Waals surface area contributed by atoms with E-state index in [1.165, 1.54) is 11.3 Å². The van der Waals surface area contributed by atoms with Crippen LogP contribution in [0.15, 0.2) is 24.5 Å². The molecule has 2 aromatic heterocycles. The lowest BCUT2D eigenvalue weighted by atomic mass is 10.3. The van der Waals surface area contributed by atoms with Gasteiger partial charge in [-0.3, -0.25) is 0 Å². The maximum Gasteiger partial charge on any atom is 0.212 e. The van der Waals surface area contributed by atoms with Crippen molar-refractivity contribution in [2.45, 2.75) is 0 Å². The van der Waals surface area contributed by atoms with Crippen LogP contribution in [-0.4, -0.2) is 17.1 Å². The molecule has 0 aromatic carbocycles. The standard InChI is InChI=1S/C9H7N2OS/c1-12-8-3-2-7(6-11-8)9-10-4-5-13-9/h2-4,6H,1H3. The maximum absolute atomic E-state index is 4.95. The SMILES string of the molecule is COc1ccc(-c2nc[c]s2)cn1. The van der Waals surface area contributed by atoms with E-state index in [1.807, 2.05) is 12.1 Å². The van der Waals surface area contributed by atoms with Gasteiger partial charge in [0.25, 0.3) is 0 Å². The van der Waals surface area contributed by atoms with Crippen molar-refractivity contribution in [2.75, 3.05) is 7.11 Å². The third kappa shape index (κ3) is 1.67. The van der Waals surface area contributed by atoms with Crippen LogP contribution in [0.4, 0.5) is 0 Å². The Hall–Kier alpha value is -1.42. The van der Waals surface area contributed by atoms with Crippen LogP contribution in [0.2, 0.25) is 0 Å². The molecular weight excluding hydrogens is 184 g/mol. The molecule has 0 spiro atoms. The van der Waals surface area contributed by atoms with Gasteiger partial charge >= 0.3 is 0 Å². The van der Waals surface area contributed by atoms with Gasteiger partial charge in [-0.25, -0.2) is 9.97 Å². The Balaban J connectivity index is 2.33. The minimum atomic E-state index is 0.615. The molecule has 0 aliphatic heterocycles. The number of aromatic nitrogens is 2. The fourth-order valence-corrected chi connectivity index (χ4v) is 1.52. The summed E-state index contributed by atoms with van der Waals surface area (Å²) in [6, 6.07) is 3.75. The smallest absolute Gasteiger partial charge is 0.212 e. The van der Waals surface area contributed by atoms with E-state index in [1.54, 1.807) is 19.5 Å². The van der Waals surface area contributed by atoms with Crippen LogP contribution in [0.1, 0.15) is 0 Å². The molecule has 0 amide bonds. The van der Waals surface area contributed by atoms with Gasteiger partial charge in [0.1, 0.15) is 5.01 Å². The van der Waals surface area contributed by atoms with Crippen molar-refractivity contribution >= 4 is 11.3 Å². The van der Waals surface area contributed by atoms with E-state index >= 15 is 0 Å². The number of nitrogens with zero attached hydrogens (tertiary/aromatic N) is 2. The van der Waals surface area contributed by atoms with Crippen LogP contribution in [0.25, 0.3) is 10.6 Å². The third-order valence-corrected chi connectivity index (χ3v) is 2.34. The molecule has 2 aromatic rings. The summed E-state index contributed by atoms with van der Waals surface area (Å²) in [4.78, 5) is 8.21. The average Bonchev–Trinajstić information content (AvgIpc) is 2.71. The molecule has 0 atom stereocenters. The molecule has 0 bridgehead atoms. The van der Waals surface area contributed by atoms with Crippen LogP contribution < -0.4 is 4.74 Å². The second-order valence-electron chi connectivity index (χ2n) is 2.37. The highest BCUT2D eigenvalue weighted by molar-refractivity contribution is 7.12. The minimum Gasteiger partial charge on any atom is -0.481 e. The predicted molar refractivity (Wildman–Crippen MR) is 50.7 cm³/mol. The highest BCUT2D eigenvalue weighted by Gasteiger charge is 2.00. The van der Waals surface area contributed by atoms with E-state index in [4.69, 9.17) is 4.74 Å². The summed E-state index contributed by atoms with van der Waals surface area (Å²) < 4.78 is 4.95. The summed E-state index contributed by atoms with van der Waals surface area (Å²) in [5.74, 6) is 0.615. The van der Waals surface area contributed by atoms with Gasteiger partial charge in [0.05, 0.1) is 12.5 Å². The number of hydrogen-bond donors (Lipinski definition) is 0. The number of thiazole rings is 1. The number of hydrogen-bond acceptors (Lipinski definition) is 4. The molecule has 65 valence electrons. The molecule has 3 nitrogen and oxygen atoms in total. The van der Waals surface area contributed by atoms with E-state index in [0.717, 1.165) is 10.6 Å². The average molecular weight is 191 g/mol. The van der Waals surface area contributed by atoms with Crippen molar-refractivity contribution in [3.63, 3.8) is 0 Å². The highest BCUT2D eigenvalue weighted by atomic mass is 32.1. The summed E-state index contributed by atoms with van der Waals surface area (Å²) in [6.45, 7) is 0. The van der Waals surface area contributed by atoms with E-state index in [9.17, 15) is 0 Å². The molecule has 0 fully saturated rings. The molecule has 13 heavy (non-hydrogen) atoms. The van der Waals surface area contributed by atoms with Crippen LogP contribution in [0.3, 0.4) is 0 Å². The summed E-state index contributed by atoms with van der Waals surface area (Å²) >= 11 is 1.47. The van der Waals surface area contributed by atoms with Crippen molar-refractivity contribution in [3.8, 4) is 16.5 Å². The molecule has 2 rings (SSSR count). The van der Waals surface area contributed by atoms with Gasteiger partial charge < -0.3 is 4.74 Å². The van der Waals surface area contributed by atoms with E-state index in [-0.39, 0.29) is 0 Å². The lowest BCUT2D eigenvalue weighted by molar-refractivity contribution is 0.398. The Morgan fingerprint density at radius 3 is 2.85 bits per heavy atom. The fourth-order valence-electron chi connectivity index (χ4n) is 0.955. The zero-order valence-corrected chi connectivity index (χ0v) is 7.84. The Bertz CT molecular complexity index is 369. The van der Waals surface area contributed by atoms with E-state index < -0.39 is 0 Å². The first-order chi connectivity index (χ1) is 6.40. The molecule has 2 heterocycles. The highest BCUT2D eigenvalue weighted by Crippen LogP contribution is 2.21. The Morgan fingerprint density at radius 1 is 1.38 bits per heavy atom. The number of pyridine rings is 1. The third-order valence-electron chi connectivity index (χ3n) is 1.58. The van der Waals surface area contributed by atoms with Gasteiger partial charge in [-0.2, -0.15) is 0 Å². The second kappa shape index (κ2) is 3.53. The quantitative estimate of drug-likeness (QED) is 0.728. The van der Waals surface area contributed by atoms with Crippen molar-refractivity contribution in [2.24, 2.45) is 0 Å². The Morgan fingerprint density at radius 2 is 2.31 bits per heavy atom. The monoisotopic (exact) mass is 191 g/mol. The number of methoxy groups -OCH3 is 1. The van der Waals surface area contributed by atoms with Crippen LogP contribution in [0, 0.1) is 5.38 Å². The Kier molecular flexibility index (Phi) is 2.23. The van der Waals surface area contributed by atoms with Crippen LogP contribution >= 0.6 is 11.3 Å². The predicted octanol–water partition coefficient (Wildman–Crippen LogP) is 2.01. The second-order valence-corrected chi connectivity index (χ2v) is 3.20. The summed E-state index contributed by atoms with van der Waals surface area (Å²) in [5.41, 5.74) is 0.993. The molecule has 0 unspecified atom stereocenters. The first kappa shape index (κ1) is 8.19. The summed E-state index contributed by atoms with van der Waals surface area (Å²) in [7, 11) is 1.60. The molecule has 0 saturated carbocycles. The topological polar surface area (TPSA) is 35.0 Å². The summed E-state index contributed by atoms with van der Waals surface area (Å²) in [5, 5.41) is 3.85. The van der Waals surface area contributed by atoms with Crippen molar-refractivity contribution < 1.29 is 4.74 Å².